The first-order valence-electron chi connectivity index (χ1n) is 7.67. The number of aromatic nitrogens is 2. The van der Waals surface area contributed by atoms with Crippen molar-refractivity contribution in [3.63, 3.8) is 0 Å². The lowest BCUT2D eigenvalue weighted by atomic mass is 9.94. The molecule has 3 rings (SSSR count). The van der Waals surface area contributed by atoms with Gasteiger partial charge in [0, 0.05) is 30.9 Å². The van der Waals surface area contributed by atoms with Crippen molar-refractivity contribution < 1.29 is 13.2 Å². The van der Waals surface area contributed by atoms with E-state index in [2.05, 4.69) is 14.9 Å². The predicted octanol–water partition coefficient (Wildman–Crippen LogP) is 3.88. The summed E-state index contributed by atoms with van der Waals surface area (Å²) < 4.78 is 38.4. The highest BCUT2D eigenvalue weighted by Gasteiger charge is 2.30. The van der Waals surface area contributed by atoms with E-state index in [0.29, 0.717) is 18.0 Å². The molecule has 0 amide bonds. The molecule has 1 aromatic heterocycles. The number of hydrogen-bond acceptors (Lipinski definition) is 3. The molecule has 1 saturated heterocycles. The third kappa shape index (κ3) is 4.07. The number of halogens is 3. The van der Waals surface area contributed by atoms with Crippen molar-refractivity contribution in [3.05, 3.63) is 59.7 Å². The van der Waals surface area contributed by atoms with E-state index in [4.69, 9.17) is 0 Å². The predicted molar refractivity (Wildman–Crippen MR) is 80.7 cm³/mol. The summed E-state index contributed by atoms with van der Waals surface area (Å²) in [4.78, 5) is 10.4. The summed E-state index contributed by atoms with van der Waals surface area (Å²) in [7, 11) is 0. The van der Waals surface area contributed by atoms with Crippen molar-refractivity contribution in [1.82, 2.24) is 14.9 Å². The highest BCUT2D eigenvalue weighted by Crippen LogP contribution is 2.30. The second kappa shape index (κ2) is 6.66. The number of benzene rings is 1. The van der Waals surface area contributed by atoms with Crippen LogP contribution in [0, 0.1) is 0 Å². The first-order valence-corrected chi connectivity index (χ1v) is 7.67. The van der Waals surface area contributed by atoms with Gasteiger partial charge in [-0.1, -0.05) is 18.2 Å². The van der Waals surface area contributed by atoms with E-state index < -0.39 is 11.7 Å². The zero-order chi connectivity index (χ0) is 16.3. The number of hydrogen-bond donors (Lipinski definition) is 0. The Morgan fingerprint density at radius 1 is 1.22 bits per heavy atom. The molecule has 122 valence electrons. The fourth-order valence-corrected chi connectivity index (χ4v) is 3.09. The van der Waals surface area contributed by atoms with Gasteiger partial charge in [-0.2, -0.15) is 13.2 Å². The maximum Gasteiger partial charge on any atom is 0.416 e. The second-order valence-electron chi connectivity index (χ2n) is 5.91. The molecule has 2 aromatic rings. The Balaban J connectivity index is 1.68. The van der Waals surface area contributed by atoms with Crippen LogP contribution in [-0.4, -0.2) is 28.0 Å². The SMILES string of the molecule is FC(F)(F)c1cccc(CN2CCCC(c3ccncn3)C2)c1. The minimum absolute atomic E-state index is 0.317. The van der Waals surface area contributed by atoms with Crippen LogP contribution < -0.4 is 0 Å². The molecule has 0 saturated carbocycles. The van der Waals surface area contributed by atoms with Gasteiger partial charge in [-0.05, 0) is 37.1 Å². The van der Waals surface area contributed by atoms with Gasteiger partial charge in [-0.25, -0.2) is 9.97 Å². The molecular formula is C17H18F3N3. The van der Waals surface area contributed by atoms with E-state index in [1.807, 2.05) is 6.07 Å². The minimum Gasteiger partial charge on any atom is -0.298 e. The van der Waals surface area contributed by atoms with Crippen molar-refractivity contribution in [3.8, 4) is 0 Å². The molecule has 1 aromatic carbocycles. The van der Waals surface area contributed by atoms with Crippen LogP contribution >= 0.6 is 0 Å². The smallest absolute Gasteiger partial charge is 0.298 e. The molecule has 0 bridgehead atoms. The monoisotopic (exact) mass is 321 g/mol. The number of likely N-dealkylation sites (tertiary alicyclic amines) is 1. The highest BCUT2D eigenvalue weighted by atomic mass is 19.4. The average Bonchev–Trinajstić information content (AvgIpc) is 2.55. The molecule has 0 aliphatic carbocycles. The van der Waals surface area contributed by atoms with Crippen LogP contribution in [-0.2, 0) is 12.7 Å². The maximum atomic E-state index is 12.8. The van der Waals surface area contributed by atoms with E-state index in [9.17, 15) is 13.2 Å². The molecule has 3 nitrogen and oxygen atoms in total. The van der Waals surface area contributed by atoms with Gasteiger partial charge in [0.25, 0.3) is 0 Å². The van der Waals surface area contributed by atoms with Gasteiger partial charge >= 0.3 is 6.18 Å². The standard InChI is InChI=1S/C17H18F3N3/c18-17(19,20)15-5-1-3-13(9-15)10-23-8-2-4-14(11-23)16-6-7-21-12-22-16/h1,3,5-7,9,12,14H,2,4,8,10-11H2. The number of rotatable bonds is 3. The molecule has 2 heterocycles. The van der Waals surface area contributed by atoms with Crippen LogP contribution in [0.5, 0.6) is 0 Å². The fourth-order valence-electron chi connectivity index (χ4n) is 3.09. The third-order valence-corrected chi connectivity index (χ3v) is 4.19. The molecule has 1 aliphatic rings. The summed E-state index contributed by atoms with van der Waals surface area (Å²) in [6, 6.07) is 7.50. The Kier molecular flexibility index (Phi) is 4.61. The van der Waals surface area contributed by atoms with Crippen molar-refractivity contribution in [2.24, 2.45) is 0 Å². The van der Waals surface area contributed by atoms with Crippen LogP contribution in [0.4, 0.5) is 13.2 Å². The quantitative estimate of drug-likeness (QED) is 0.859. The van der Waals surface area contributed by atoms with Crippen LogP contribution in [0.2, 0.25) is 0 Å². The van der Waals surface area contributed by atoms with E-state index >= 15 is 0 Å². The summed E-state index contributed by atoms with van der Waals surface area (Å²) in [5, 5.41) is 0. The van der Waals surface area contributed by atoms with Crippen LogP contribution in [0.3, 0.4) is 0 Å². The summed E-state index contributed by atoms with van der Waals surface area (Å²) in [6.45, 7) is 2.25. The third-order valence-electron chi connectivity index (χ3n) is 4.19. The van der Waals surface area contributed by atoms with Crippen molar-refractivity contribution in [1.29, 1.82) is 0 Å². The fraction of sp³-hybridized carbons (Fsp3) is 0.412. The van der Waals surface area contributed by atoms with Crippen LogP contribution in [0.1, 0.15) is 35.6 Å². The number of piperidine rings is 1. The summed E-state index contributed by atoms with van der Waals surface area (Å²) in [5.41, 5.74) is 1.12. The zero-order valence-corrected chi connectivity index (χ0v) is 12.6. The summed E-state index contributed by atoms with van der Waals surface area (Å²) in [5.74, 6) is 0.317. The van der Waals surface area contributed by atoms with Gasteiger partial charge in [-0.3, -0.25) is 4.90 Å². The van der Waals surface area contributed by atoms with Crippen molar-refractivity contribution >= 4 is 0 Å². The van der Waals surface area contributed by atoms with Crippen LogP contribution in [0.15, 0.2) is 42.9 Å². The Labute approximate surface area is 133 Å². The first kappa shape index (κ1) is 15.9. The molecule has 1 unspecified atom stereocenters. The van der Waals surface area contributed by atoms with Gasteiger partial charge in [0.05, 0.1) is 5.56 Å². The molecule has 0 radical (unpaired) electrons. The molecule has 1 fully saturated rings. The van der Waals surface area contributed by atoms with Crippen molar-refractivity contribution in [2.75, 3.05) is 13.1 Å². The van der Waals surface area contributed by atoms with E-state index in [1.165, 1.54) is 12.1 Å². The average molecular weight is 321 g/mol. The zero-order valence-electron chi connectivity index (χ0n) is 12.6. The maximum absolute atomic E-state index is 12.8. The van der Waals surface area contributed by atoms with Gasteiger partial charge in [-0.15, -0.1) is 0 Å². The number of alkyl halides is 3. The van der Waals surface area contributed by atoms with Gasteiger partial charge < -0.3 is 0 Å². The molecule has 1 atom stereocenters. The van der Waals surface area contributed by atoms with Gasteiger partial charge in [0.15, 0.2) is 0 Å². The Hall–Kier alpha value is -1.95. The van der Waals surface area contributed by atoms with Gasteiger partial charge in [0.1, 0.15) is 6.33 Å². The summed E-state index contributed by atoms with van der Waals surface area (Å²) in [6.07, 6.45) is 1.06. The Morgan fingerprint density at radius 2 is 2.09 bits per heavy atom. The largest absolute Gasteiger partial charge is 0.416 e. The van der Waals surface area contributed by atoms with Gasteiger partial charge in [0.2, 0.25) is 0 Å². The molecular weight excluding hydrogens is 303 g/mol. The Morgan fingerprint density at radius 3 is 2.83 bits per heavy atom. The lowest BCUT2D eigenvalue weighted by Crippen LogP contribution is -2.34. The lowest BCUT2D eigenvalue weighted by Gasteiger charge is -2.32. The molecule has 1 aliphatic heterocycles. The molecule has 6 heteroatoms. The topological polar surface area (TPSA) is 29.0 Å². The summed E-state index contributed by atoms with van der Waals surface area (Å²) >= 11 is 0. The normalized spacial score (nSPS) is 19.7. The van der Waals surface area contributed by atoms with E-state index in [-0.39, 0.29) is 0 Å². The van der Waals surface area contributed by atoms with Crippen LogP contribution in [0.25, 0.3) is 0 Å². The van der Waals surface area contributed by atoms with E-state index in [1.54, 1.807) is 18.6 Å². The molecule has 0 N–H and O–H groups in total. The lowest BCUT2D eigenvalue weighted by molar-refractivity contribution is -0.137. The Bertz CT molecular complexity index is 643. The first-order chi connectivity index (χ1) is 11.0. The minimum atomic E-state index is -4.29. The molecule has 0 spiro atoms. The van der Waals surface area contributed by atoms with E-state index in [0.717, 1.165) is 37.7 Å². The number of nitrogens with zero attached hydrogens (tertiary/aromatic N) is 3. The second-order valence-corrected chi connectivity index (χ2v) is 5.91. The highest BCUT2D eigenvalue weighted by molar-refractivity contribution is 5.25. The molecule has 23 heavy (non-hydrogen) atoms. The van der Waals surface area contributed by atoms with Crippen molar-refractivity contribution in [2.45, 2.75) is 31.5 Å².